The predicted molar refractivity (Wildman–Crippen MR) is 76.9 cm³/mol. The Hall–Kier alpha value is -1.88. The van der Waals surface area contributed by atoms with Crippen molar-refractivity contribution in [2.75, 3.05) is 18.7 Å². The first-order valence-corrected chi connectivity index (χ1v) is 7.16. The predicted octanol–water partition coefficient (Wildman–Crippen LogP) is 3.40. The van der Waals surface area contributed by atoms with E-state index in [0.717, 1.165) is 11.5 Å². The summed E-state index contributed by atoms with van der Waals surface area (Å²) in [6, 6.07) is 10.7. The van der Waals surface area contributed by atoms with Crippen LogP contribution in [-0.2, 0) is 5.75 Å². The number of methoxy groups -OCH3 is 1. The summed E-state index contributed by atoms with van der Waals surface area (Å²) in [4.78, 5) is 12.0. The lowest BCUT2D eigenvalue weighted by molar-refractivity contribution is 0.0995. The number of amides is 1. The molecule has 2 aromatic rings. The standard InChI is InChI=1S/C14H15NO3S/c1-17-12-6-4-3-5-11(12)15-14(16)13-8-7-10(18-13)9-19-2/h3-8H,9H2,1-2H3,(H,15,16). The van der Waals surface area contributed by atoms with Gasteiger partial charge in [-0.1, -0.05) is 12.1 Å². The fraction of sp³-hybridized carbons (Fsp3) is 0.214. The number of benzene rings is 1. The fourth-order valence-corrected chi connectivity index (χ4v) is 2.09. The number of hydrogen-bond donors (Lipinski definition) is 1. The van der Waals surface area contributed by atoms with E-state index in [9.17, 15) is 4.79 Å². The van der Waals surface area contributed by atoms with Crippen LogP contribution in [0.3, 0.4) is 0 Å². The molecule has 1 amide bonds. The van der Waals surface area contributed by atoms with Crippen LogP contribution in [0.15, 0.2) is 40.8 Å². The summed E-state index contributed by atoms with van der Waals surface area (Å²) in [6.45, 7) is 0. The van der Waals surface area contributed by atoms with Crippen molar-refractivity contribution < 1.29 is 13.9 Å². The number of carbonyl (C=O) groups excluding carboxylic acids is 1. The quantitative estimate of drug-likeness (QED) is 0.910. The number of ether oxygens (including phenoxy) is 1. The van der Waals surface area contributed by atoms with E-state index in [-0.39, 0.29) is 5.91 Å². The minimum atomic E-state index is -0.281. The Kier molecular flexibility index (Phi) is 4.52. The van der Waals surface area contributed by atoms with Crippen molar-refractivity contribution in [3.63, 3.8) is 0 Å². The lowest BCUT2D eigenvalue weighted by atomic mass is 10.3. The number of nitrogens with one attached hydrogen (secondary N) is 1. The van der Waals surface area contributed by atoms with Crippen molar-refractivity contribution in [1.29, 1.82) is 0 Å². The molecule has 0 aliphatic rings. The van der Waals surface area contributed by atoms with Gasteiger partial charge < -0.3 is 14.5 Å². The summed E-state index contributed by atoms with van der Waals surface area (Å²) in [5.74, 6) is 2.18. The third kappa shape index (κ3) is 3.32. The Labute approximate surface area is 116 Å². The van der Waals surface area contributed by atoms with E-state index in [1.54, 1.807) is 37.1 Å². The minimum absolute atomic E-state index is 0.281. The van der Waals surface area contributed by atoms with Crippen molar-refractivity contribution >= 4 is 23.4 Å². The van der Waals surface area contributed by atoms with Gasteiger partial charge >= 0.3 is 0 Å². The van der Waals surface area contributed by atoms with E-state index in [1.165, 1.54) is 0 Å². The van der Waals surface area contributed by atoms with Crippen molar-refractivity contribution in [2.45, 2.75) is 5.75 Å². The molecule has 1 N–H and O–H groups in total. The molecule has 0 aliphatic carbocycles. The molecule has 100 valence electrons. The normalized spacial score (nSPS) is 10.2. The molecule has 0 radical (unpaired) electrons. The second-order valence-electron chi connectivity index (χ2n) is 3.85. The number of furan rings is 1. The Morgan fingerprint density at radius 1 is 1.32 bits per heavy atom. The van der Waals surface area contributed by atoms with Gasteiger partial charge in [-0.2, -0.15) is 11.8 Å². The monoisotopic (exact) mass is 277 g/mol. The van der Waals surface area contributed by atoms with E-state index in [1.807, 2.05) is 24.5 Å². The van der Waals surface area contributed by atoms with E-state index in [0.29, 0.717) is 17.2 Å². The number of para-hydroxylation sites is 2. The minimum Gasteiger partial charge on any atom is -0.495 e. The van der Waals surface area contributed by atoms with Crippen LogP contribution in [0.2, 0.25) is 0 Å². The van der Waals surface area contributed by atoms with Gasteiger partial charge in [-0.15, -0.1) is 0 Å². The van der Waals surface area contributed by atoms with Gasteiger partial charge in [-0.3, -0.25) is 4.79 Å². The Morgan fingerprint density at radius 2 is 2.11 bits per heavy atom. The maximum atomic E-state index is 12.0. The van der Waals surface area contributed by atoms with Crippen molar-refractivity contribution in [3.8, 4) is 5.75 Å². The van der Waals surface area contributed by atoms with Gasteiger partial charge in [-0.25, -0.2) is 0 Å². The molecule has 19 heavy (non-hydrogen) atoms. The number of anilines is 1. The molecule has 4 nitrogen and oxygen atoms in total. The molecule has 0 atom stereocenters. The van der Waals surface area contributed by atoms with Gasteiger partial charge in [0.25, 0.3) is 5.91 Å². The van der Waals surface area contributed by atoms with Crippen LogP contribution in [-0.4, -0.2) is 19.3 Å². The molecule has 0 aliphatic heterocycles. The number of carbonyl (C=O) groups is 1. The van der Waals surface area contributed by atoms with Gasteiger partial charge in [0.2, 0.25) is 0 Å². The maximum Gasteiger partial charge on any atom is 0.291 e. The second-order valence-corrected chi connectivity index (χ2v) is 4.72. The first-order chi connectivity index (χ1) is 9.24. The molecule has 5 heteroatoms. The molecule has 1 heterocycles. The van der Waals surface area contributed by atoms with Crippen LogP contribution in [0.25, 0.3) is 0 Å². The summed E-state index contributed by atoms with van der Waals surface area (Å²) in [6.07, 6.45) is 1.98. The molecule has 1 aromatic heterocycles. The molecule has 0 fully saturated rings. The zero-order valence-electron chi connectivity index (χ0n) is 10.8. The lowest BCUT2D eigenvalue weighted by Gasteiger charge is -2.08. The van der Waals surface area contributed by atoms with E-state index in [2.05, 4.69) is 5.32 Å². The van der Waals surface area contributed by atoms with Crippen molar-refractivity contribution in [1.82, 2.24) is 0 Å². The number of rotatable bonds is 5. The molecule has 0 spiro atoms. The highest BCUT2D eigenvalue weighted by Gasteiger charge is 2.13. The molecular weight excluding hydrogens is 262 g/mol. The Bertz CT molecular complexity index is 565. The highest BCUT2D eigenvalue weighted by molar-refractivity contribution is 7.97. The number of thioether (sulfide) groups is 1. The molecule has 2 rings (SSSR count). The zero-order chi connectivity index (χ0) is 13.7. The van der Waals surface area contributed by atoms with Crippen molar-refractivity contribution in [3.05, 3.63) is 47.9 Å². The summed E-state index contributed by atoms with van der Waals surface area (Å²) >= 11 is 1.64. The summed E-state index contributed by atoms with van der Waals surface area (Å²) < 4.78 is 10.6. The molecule has 0 saturated heterocycles. The summed E-state index contributed by atoms with van der Waals surface area (Å²) in [5.41, 5.74) is 0.623. The largest absolute Gasteiger partial charge is 0.495 e. The smallest absolute Gasteiger partial charge is 0.291 e. The van der Waals surface area contributed by atoms with E-state index in [4.69, 9.17) is 9.15 Å². The maximum absolute atomic E-state index is 12.0. The summed E-state index contributed by atoms with van der Waals surface area (Å²) in [7, 11) is 1.56. The van der Waals surface area contributed by atoms with E-state index < -0.39 is 0 Å². The van der Waals surface area contributed by atoms with Crippen LogP contribution >= 0.6 is 11.8 Å². The second kappa shape index (κ2) is 6.33. The highest BCUT2D eigenvalue weighted by atomic mass is 32.2. The molecular formula is C14H15NO3S. The van der Waals surface area contributed by atoms with Gasteiger partial charge in [0, 0.05) is 0 Å². The Balaban J connectivity index is 2.11. The molecule has 0 saturated carbocycles. The third-order valence-corrected chi connectivity index (χ3v) is 3.10. The Morgan fingerprint density at radius 3 is 2.84 bits per heavy atom. The lowest BCUT2D eigenvalue weighted by Crippen LogP contribution is -2.11. The SMILES string of the molecule is COc1ccccc1NC(=O)c1ccc(CSC)o1. The molecule has 0 unspecified atom stereocenters. The van der Waals surface area contributed by atoms with Crippen LogP contribution < -0.4 is 10.1 Å². The highest BCUT2D eigenvalue weighted by Crippen LogP contribution is 2.24. The third-order valence-electron chi connectivity index (χ3n) is 2.53. The first kappa shape index (κ1) is 13.5. The zero-order valence-corrected chi connectivity index (χ0v) is 11.6. The molecule has 0 bridgehead atoms. The van der Waals surface area contributed by atoms with Gasteiger partial charge in [-0.05, 0) is 30.5 Å². The summed E-state index contributed by atoms with van der Waals surface area (Å²) in [5, 5.41) is 2.77. The van der Waals surface area contributed by atoms with E-state index >= 15 is 0 Å². The van der Waals surface area contributed by atoms with Crippen LogP contribution in [0.1, 0.15) is 16.3 Å². The van der Waals surface area contributed by atoms with Gasteiger partial charge in [0.1, 0.15) is 11.5 Å². The topological polar surface area (TPSA) is 51.5 Å². The number of hydrogen-bond acceptors (Lipinski definition) is 4. The van der Waals surface area contributed by atoms with Gasteiger partial charge in [0.05, 0.1) is 18.6 Å². The van der Waals surface area contributed by atoms with Crippen molar-refractivity contribution in [2.24, 2.45) is 0 Å². The van der Waals surface area contributed by atoms with Crippen LogP contribution in [0.5, 0.6) is 5.75 Å². The molecule has 1 aromatic carbocycles. The van der Waals surface area contributed by atoms with Gasteiger partial charge in [0.15, 0.2) is 5.76 Å². The average molecular weight is 277 g/mol. The van der Waals surface area contributed by atoms with Crippen LogP contribution in [0, 0.1) is 0 Å². The fourth-order valence-electron chi connectivity index (χ4n) is 1.65. The first-order valence-electron chi connectivity index (χ1n) is 5.76. The average Bonchev–Trinajstić information content (AvgIpc) is 2.88. The van der Waals surface area contributed by atoms with Crippen LogP contribution in [0.4, 0.5) is 5.69 Å².